The lowest BCUT2D eigenvalue weighted by Crippen LogP contribution is -2.37. The molecule has 1 saturated heterocycles. The van der Waals surface area contributed by atoms with Crippen molar-refractivity contribution in [3.05, 3.63) is 77.9 Å². The van der Waals surface area contributed by atoms with Gasteiger partial charge in [0.1, 0.15) is 23.3 Å². The van der Waals surface area contributed by atoms with Crippen LogP contribution in [0.5, 0.6) is 17.2 Å². The summed E-state index contributed by atoms with van der Waals surface area (Å²) in [5, 5.41) is 2.79. The van der Waals surface area contributed by atoms with Gasteiger partial charge in [0, 0.05) is 30.4 Å². The van der Waals surface area contributed by atoms with Gasteiger partial charge in [0.05, 0.1) is 33.4 Å². The SMILES string of the molecule is COc1ccc(CN2C(=O)N(c3cccc(C)c3)C(=O)C2CC(=O)Nc2cc(OC)cc(OC)c2)cc1. The van der Waals surface area contributed by atoms with Crippen LogP contribution in [0.3, 0.4) is 0 Å². The van der Waals surface area contributed by atoms with E-state index >= 15 is 0 Å². The van der Waals surface area contributed by atoms with Crippen molar-refractivity contribution in [2.75, 3.05) is 31.5 Å². The van der Waals surface area contributed by atoms with Gasteiger partial charge in [0.15, 0.2) is 0 Å². The molecule has 4 amide bonds. The Morgan fingerprint density at radius 2 is 1.51 bits per heavy atom. The predicted molar refractivity (Wildman–Crippen MR) is 139 cm³/mol. The van der Waals surface area contributed by atoms with Gasteiger partial charge in [-0.3, -0.25) is 9.59 Å². The number of carbonyl (C=O) groups is 3. The number of rotatable bonds is 9. The second-order valence-corrected chi connectivity index (χ2v) is 8.64. The molecule has 4 rings (SSSR count). The summed E-state index contributed by atoms with van der Waals surface area (Å²) in [5.41, 5.74) is 2.63. The Kier molecular flexibility index (Phi) is 7.62. The molecule has 0 aliphatic carbocycles. The number of imide groups is 1. The minimum Gasteiger partial charge on any atom is -0.497 e. The molecule has 37 heavy (non-hydrogen) atoms. The zero-order valence-corrected chi connectivity index (χ0v) is 21.2. The van der Waals surface area contributed by atoms with Crippen molar-refractivity contribution in [1.82, 2.24) is 4.90 Å². The highest BCUT2D eigenvalue weighted by Gasteiger charge is 2.46. The lowest BCUT2D eigenvalue weighted by Gasteiger charge is -2.22. The average Bonchev–Trinajstić information content (AvgIpc) is 3.12. The molecule has 1 N–H and O–H groups in total. The maximum Gasteiger partial charge on any atom is 0.332 e. The van der Waals surface area contributed by atoms with Crippen molar-refractivity contribution in [2.45, 2.75) is 25.9 Å². The van der Waals surface area contributed by atoms with Crippen molar-refractivity contribution in [3.8, 4) is 17.2 Å². The first-order valence-electron chi connectivity index (χ1n) is 11.7. The molecule has 3 aromatic carbocycles. The van der Waals surface area contributed by atoms with E-state index in [9.17, 15) is 14.4 Å². The normalized spacial score (nSPS) is 15.1. The third kappa shape index (κ3) is 5.66. The van der Waals surface area contributed by atoms with Crippen LogP contribution in [-0.2, 0) is 16.1 Å². The number of nitrogens with one attached hydrogen (secondary N) is 1. The molecule has 0 saturated carbocycles. The van der Waals surface area contributed by atoms with Crippen LogP contribution in [0.4, 0.5) is 16.2 Å². The van der Waals surface area contributed by atoms with Crippen molar-refractivity contribution < 1.29 is 28.6 Å². The van der Waals surface area contributed by atoms with Gasteiger partial charge in [0.2, 0.25) is 5.91 Å². The van der Waals surface area contributed by atoms with Crippen molar-refractivity contribution >= 4 is 29.2 Å². The maximum atomic E-state index is 13.5. The lowest BCUT2D eigenvalue weighted by molar-refractivity contribution is -0.124. The number of methoxy groups -OCH3 is 3. The highest BCUT2D eigenvalue weighted by molar-refractivity contribution is 6.22. The Morgan fingerprint density at radius 1 is 0.865 bits per heavy atom. The fourth-order valence-electron chi connectivity index (χ4n) is 4.21. The maximum absolute atomic E-state index is 13.5. The molecule has 0 aromatic heterocycles. The first-order chi connectivity index (χ1) is 17.8. The van der Waals surface area contributed by atoms with Crippen LogP contribution in [0.1, 0.15) is 17.5 Å². The Hall–Kier alpha value is -4.53. The standard InChI is InChI=1S/C28H29N3O6/c1-18-6-5-7-21(12-18)31-27(33)25(30(28(31)34)17-19-8-10-22(35-2)11-9-19)16-26(32)29-20-13-23(36-3)15-24(14-20)37-4/h5-15,25H,16-17H2,1-4H3,(H,29,32). The number of amides is 4. The van der Waals surface area contributed by atoms with Gasteiger partial charge < -0.3 is 24.4 Å². The van der Waals surface area contributed by atoms with Crippen LogP contribution in [0, 0.1) is 6.92 Å². The fourth-order valence-corrected chi connectivity index (χ4v) is 4.21. The summed E-state index contributed by atoms with van der Waals surface area (Å²) in [6, 6.07) is 17.9. The number of hydrogen-bond donors (Lipinski definition) is 1. The van der Waals surface area contributed by atoms with Gasteiger partial charge in [-0.1, -0.05) is 24.3 Å². The Morgan fingerprint density at radius 3 is 2.11 bits per heavy atom. The molecule has 1 atom stereocenters. The molecule has 0 spiro atoms. The summed E-state index contributed by atoms with van der Waals surface area (Å²) >= 11 is 0. The topological polar surface area (TPSA) is 97.4 Å². The molecule has 1 unspecified atom stereocenters. The molecular formula is C28H29N3O6. The average molecular weight is 504 g/mol. The minimum atomic E-state index is -0.984. The molecule has 0 bridgehead atoms. The van der Waals surface area contributed by atoms with Gasteiger partial charge >= 0.3 is 6.03 Å². The smallest absolute Gasteiger partial charge is 0.332 e. The number of nitrogens with zero attached hydrogens (tertiary/aromatic N) is 2. The van der Waals surface area contributed by atoms with E-state index in [1.54, 1.807) is 55.6 Å². The summed E-state index contributed by atoms with van der Waals surface area (Å²) in [7, 11) is 4.60. The number of urea groups is 1. The number of aryl methyl sites for hydroxylation is 1. The second-order valence-electron chi connectivity index (χ2n) is 8.64. The Balaban J connectivity index is 1.61. The molecule has 1 aliphatic heterocycles. The number of benzene rings is 3. The fraction of sp³-hybridized carbons (Fsp3) is 0.250. The molecule has 192 valence electrons. The molecular weight excluding hydrogens is 474 g/mol. The zero-order chi connectivity index (χ0) is 26.5. The van der Waals surface area contributed by atoms with Crippen LogP contribution >= 0.6 is 0 Å². The van der Waals surface area contributed by atoms with Crippen molar-refractivity contribution in [3.63, 3.8) is 0 Å². The van der Waals surface area contributed by atoms with Gasteiger partial charge in [-0.15, -0.1) is 0 Å². The summed E-state index contributed by atoms with van der Waals surface area (Å²) < 4.78 is 15.7. The number of anilines is 2. The lowest BCUT2D eigenvalue weighted by atomic mass is 10.1. The van der Waals surface area contributed by atoms with Crippen LogP contribution < -0.4 is 24.4 Å². The van der Waals surface area contributed by atoms with Gasteiger partial charge in [-0.25, -0.2) is 9.69 Å². The van der Waals surface area contributed by atoms with E-state index in [1.165, 1.54) is 19.1 Å². The third-order valence-electron chi connectivity index (χ3n) is 6.10. The number of hydrogen-bond acceptors (Lipinski definition) is 6. The molecule has 1 aliphatic rings. The number of ether oxygens (including phenoxy) is 3. The van der Waals surface area contributed by atoms with E-state index < -0.39 is 23.9 Å². The minimum absolute atomic E-state index is 0.155. The molecule has 9 heteroatoms. The van der Waals surface area contributed by atoms with Crippen molar-refractivity contribution in [1.29, 1.82) is 0 Å². The van der Waals surface area contributed by atoms with E-state index in [-0.39, 0.29) is 13.0 Å². The van der Waals surface area contributed by atoms with E-state index in [0.717, 1.165) is 16.0 Å². The van der Waals surface area contributed by atoms with E-state index in [1.807, 2.05) is 25.1 Å². The largest absolute Gasteiger partial charge is 0.497 e. The van der Waals surface area contributed by atoms with E-state index in [4.69, 9.17) is 14.2 Å². The Labute approximate surface area is 215 Å². The van der Waals surface area contributed by atoms with Crippen LogP contribution in [0.2, 0.25) is 0 Å². The van der Waals surface area contributed by atoms with Gasteiger partial charge in [-0.2, -0.15) is 0 Å². The quantitative estimate of drug-likeness (QED) is 0.435. The summed E-state index contributed by atoms with van der Waals surface area (Å²) in [6.45, 7) is 2.04. The molecule has 0 radical (unpaired) electrons. The molecule has 1 fully saturated rings. The summed E-state index contributed by atoms with van der Waals surface area (Å²) in [6.07, 6.45) is -0.220. The van der Waals surface area contributed by atoms with E-state index in [0.29, 0.717) is 28.6 Å². The number of carbonyl (C=O) groups excluding carboxylic acids is 3. The zero-order valence-electron chi connectivity index (χ0n) is 21.2. The van der Waals surface area contributed by atoms with Crippen LogP contribution in [-0.4, -0.2) is 50.1 Å². The monoisotopic (exact) mass is 503 g/mol. The van der Waals surface area contributed by atoms with Gasteiger partial charge in [-0.05, 0) is 42.3 Å². The second kappa shape index (κ2) is 11.0. The summed E-state index contributed by atoms with van der Waals surface area (Å²) in [4.78, 5) is 42.7. The molecule has 1 heterocycles. The first kappa shape index (κ1) is 25.6. The Bertz CT molecular complexity index is 1290. The molecule has 3 aromatic rings. The molecule has 9 nitrogen and oxygen atoms in total. The first-order valence-corrected chi connectivity index (χ1v) is 11.7. The van der Waals surface area contributed by atoms with Gasteiger partial charge in [0.25, 0.3) is 5.91 Å². The van der Waals surface area contributed by atoms with Crippen molar-refractivity contribution in [2.24, 2.45) is 0 Å². The van der Waals surface area contributed by atoms with Crippen LogP contribution in [0.25, 0.3) is 0 Å². The summed E-state index contributed by atoms with van der Waals surface area (Å²) in [5.74, 6) is 0.815. The highest BCUT2D eigenvalue weighted by atomic mass is 16.5. The van der Waals surface area contributed by atoms with E-state index in [2.05, 4.69) is 5.32 Å². The predicted octanol–water partition coefficient (Wildman–Crippen LogP) is 4.39. The third-order valence-corrected chi connectivity index (χ3v) is 6.10. The highest BCUT2D eigenvalue weighted by Crippen LogP contribution is 2.30. The van der Waals surface area contributed by atoms with Crippen LogP contribution in [0.15, 0.2) is 66.7 Å².